The second-order valence-electron chi connectivity index (χ2n) is 5.24. The molecule has 0 radical (unpaired) electrons. The zero-order valence-electron chi connectivity index (χ0n) is 12.4. The number of fused-ring (bicyclic) bond motifs is 2. The van der Waals surface area contributed by atoms with Crippen LogP contribution in [-0.4, -0.2) is 31.4 Å². The van der Waals surface area contributed by atoms with Crippen molar-refractivity contribution >= 4 is 16.3 Å². The van der Waals surface area contributed by atoms with E-state index in [-0.39, 0.29) is 6.10 Å². The van der Waals surface area contributed by atoms with E-state index >= 15 is 0 Å². The van der Waals surface area contributed by atoms with Crippen molar-refractivity contribution in [3.63, 3.8) is 0 Å². The minimum atomic E-state index is -0.353. The first-order chi connectivity index (χ1) is 11.9. The van der Waals surface area contributed by atoms with Gasteiger partial charge in [0, 0.05) is 6.20 Å². The molecule has 118 valence electrons. The molecule has 1 aliphatic rings. The van der Waals surface area contributed by atoms with Crippen molar-refractivity contribution in [2.75, 3.05) is 6.61 Å². The van der Waals surface area contributed by atoms with Crippen LogP contribution in [0.5, 0.6) is 11.5 Å². The summed E-state index contributed by atoms with van der Waals surface area (Å²) in [6.07, 6.45) is 1.39. The highest BCUT2D eigenvalue weighted by molar-refractivity contribution is 7.19. The van der Waals surface area contributed by atoms with Gasteiger partial charge in [-0.25, -0.2) is 0 Å². The van der Waals surface area contributed by atoms with E-state index in [1.807, 2.05) is 42.5 Å². The molecule has 0 bridgehead atoms. The van der Waals surface area contributed by atoms with Crippen molar-refractivity contribution in [1.82, 2.24) is 24.8 Å². The Hall–Kier alpha value is -3.00. The van der Waals surface area contributed by atoms with E-state index in [0.29, 0.717) is 23.1 Å². The van der Waals surface area contributed by atoms with Gasteiger partial charge in [-0.1, -0.05) is 29.5 Å². The van der Waals surface area contributed by atoms with Crippen LogP contribution in [0.4, 0.5) is 0 Å². The lowest BCUT2D eigenvalue weighted by Gasteiger charge is -2.24. The summed E-state index contributed by atoms with van der Waals surface area (Å²) in [4.78, 5) is 5.03. The van der Waals surface area contributed by atoms with E-state index in [0.717, 1.165) is 16.5 Å². The zero-order chi connectivity index (χ0) is 15.9. The standard InChI is InChI=1S/C16H11N5O2S/c1-2-7-12-11(6-1)22-9-13(23-12)14-18-19-16-21(14)20-15(24-16)10-5-3-4-8-17-10/h1-8,13H,9H2. The SMILES string of the molecule is c1ccc(-c2nn3c(C4COc5ccccc5O4)nnc3s2)nc1. The Morgan fingerprint density at radius 2 is 1.92 bits per heavy atom. The van der Waals surface area contributed by atoms with Crippen molar-refractivity contribution in [3.05, 3.63) is 54.5 Å². The molecule has 0 saturated carbocycles. The Morgan fingerprint density at radius 1 is 1.04 bits per heavy atom. The Labute approximate surface area is 140 Å². The van der Waals surface area contributed by atoms with Crippen molar-refractivity contribution in [1.29, 1.82) is 0 Å². The van der Waals surface area contributed by atoms with Crippen LogP contribution in [0.1, 0.15) is 11.9 Å². The molecule has 0 saturated heterocycles. The van der Waals surface area contributed by atoms with Gasteiger partial charge in [-0.3, -0.25) is 4.98 Å². The first-order valence-electron chi connectivity index (χ1n) is 7.40. The molecular formula is C16H11N5O2S. The van der Waals surface area contributed by atoms with Crippen LogP contribution >= 0.6 is 11.3 Å². The average Bonchev–Trinajstić information content (AvgIpc) is 3.23. The molecule has 4 heterocycles. The molecule has 1 unspecified atom stereocenters. The molecule has 0 aliphatic carbocycles. The molecule has 0 fully saturated rings. The maximum atomic E-state index is 6.00. The highest BCUT2D eigenvalue weighted by Crippen LogP contribution is 2.36. The van der Waals surface area contributed by atoms with Crippen LogP contribution in [0.15, 0.2) is 48.7 Å². The second-order valence-corrected chi connectivity index (χ2v) is 6.19. The fourth-order valence-electron chi connectivity index (χ4n) is 2.57. The fraction of sp³-hybridized carbons (Fsp3) is 0.125. The van der Waals surface area contributed by atoms with E-state index in [2.05, 4.69) is 20.3 Å². The molecule has 4 aromatic rings. The molecule has 1 atom stereocenters. The van der Waals surface area contributed by atoms with Gasteiger partial charge in [0.2, 0.25) is 4.96 Å². The number of aromatic nitrogens is 5. The predicted molar refractivity (Wildman–Crippen MR) is 87.2 cm³/mol. The number of nitrogens with zero attached hydrogens (tertiary/aromatic N) is 5. The van der Waals surface area contributed by atoms with E-state index < -0.39 is 0 Å². The van der Waals surface area contributed by atoms with Crippen LogP contribution in [0, 0.1) is 0 Å². The second kappa shape index (κ2) is 5.27. The molecule has 0 N–H and O–H groups in total. The van der Waals surface area contributed by atoms with Crippen LogP contribution in [0.3, 0.4) is 0 Å². The van der Waals surface area contributed by atoms with Crippen molar-refractivity contribution in [3.8, 4) is 22.2 Å². The number of para-hydroxylation sites is 2. The van der Waals surface area contributed by atoms with Gasteiger partial charge in [0.25, 0.3) is 0 Å². The minimum absolute atomic E-state index is 0.353. The molecule has 1 aromatic carbocycles. The van der Waals surface area contributed by atoms with E-state index in [9.17, 15) is 0 Å². The van der Waals surface area contributed by atoms with Gasteiger partial charge in [0.05, 0.1) is 0 Å². The molecule has 0 spiro atoms. The molecule has 24 heavy (non-hydrogen) atoms. The van der Waals surface area contributed by atoms with Gasteiger partial charge in [-0.2, -0.15) is 9.61 Å². The summed E-state index contributed by atoms with van der Waals surface area (Å²) in [5.41, 5.74) is 0.810. The normalized spacial score (nSPS) is 16.4. The maximum Gasteiger partial charge on any atom is 0.235 e. The maximum absolute atomic E-state index is 6.00. The lowest BCUT2D eigenvalue weighted by atomic mass is 10.2. The van der Waals surface area contributed by atoms with Crippen molar-refractivity contribution < 1.29 is 9.47 Å². The summed E-state index contributed by atoms with van der Waals surface area (Å²) in [6.45, 7) is 0.369. The van der Waals surface area contributed by atoms with E-state index in [1.54, 1.807) is 10.7 Å². The zero-order valence-corrected chi connectivity index (χ0v) is 13.2. The van der Waals surface area contributed by atoms with Gasteiger partial charge in [-0.05, 0) is 24.3 Å². The summed E-state index contributed by atoms with van der Waals surface area (Å²) in [5, 5.41) is 13.8. The monoisotopic (exact) mass is 337 g/mol. The number of pyridine rings is 1. The van der Waals surface area contributed by atoms with Crippen LogP contribution < -0.4 is 9.47 Å². The van der Waals surface area contributed by atoms with Crippen molar-refractivity contribution in [2.45, 2.75) is 6.10 Å². The lowest BCUT2D eigenvalue weighted by Crippen LogP contribution is -2.23. The Balaban J connectivity index is 1.53. The largest absolute Gasteiger partial charge is 0.485 e. The summed E-state index contributed by atoms with van der Waals surface area (Å²) in [6, 6.07) is 13.3. The molecule has 0 amide bonds. The quantitative estimate of drug-likeness (QED) is 0.560. The third-order valence-corrected chi connectivity index (χ3v) is 4.62. The van der Waals surface area contributed by atoms with Gasteiger partial charge in [-0.15, -0.1) is 10.2 Å². The summed E-state index contributed by atoms with van der Waals surface area (Å²) >= 11 is 1.44. The third-order valence-electron chi connectivity index (χ3n) is 3.70. The smallest absolute Gasteiger partial charge is 0.235 e. The molecule has 3 aromatic heterocycles. The van der Waals surface area contributed by atoms with Crippen molar-refractivity contribution in [2.24, 2.45) is 0 Å². The summed E-state index contributed by atoms with van der Waals surface area (Å²) in [7, 11) is 0. The summed E-state index contributed by atoms with van der Waals surface area (Å²) < 4.78 is 13.5. The van der Waals surface area contributed by atoms with Crippen LogP contribution in [0.25, 0.3) is 15.7 Å². The number of hydrogen-bond acceptors (Lipinski definition) is 7. The van der Waals surface area contributed by atoms with Gasteiger partial charge in [0.15, 0.2) is 28.4 Å². The number of hydrogen-bond donors (Lipinski definition) is 0. The Morgan fingerprint density at radius 3 is 2.79 bits per heavy atom. The number of rotatable bonds is 2. The molecule has 5 rings (SSSR count). The molecule has 1 aliphatic heterocycles. The van der Waals surface area contributed by atoms with Crippen LogP contribution in [0.2, 0.25) is 0 Å². The first kappa shape index (κ1) is 13.4. The van der Waals surface area contributed by atoms with Gasteiger partial charge in [0.1, 0.15) is 12.3 Å². The highest BCUT2D eigenvalue weighted by atomic mass is 32.1. The average molecular weight is 337 g/mol. The van der Waals surface area contributed by atoms with Gasteiger partial charge >= 0.3 is 0 Å². The van der Waals surface area contributed by atoms with E-state index in [1.165, 1.54) is 11.3 Å². The third kappa shape index (κ3) is 2.11. The fourth-order valence-corrected chi connectivity index (χ4v) is 3.40. The topological polar surface area (TPSA) is 74.4 Å². The minimum Gasteiger partial charge on any atom is -0.485 e. The van der Waals surface area contributed by atoms with Crippen LogP contribution in [-0.2, 0) is 0 Å². The molecular weight excluding hydrogens is 326 g/mol. The Kier molecular flexibility index (Phi) is 2.95. The Bertz CT molecular complexity index is 1010. The number of ether oxygens (including phenoxy) is 2. The predicted octanol–water partition coefficient (Wildman–Crippen LogP) is 2.76. The highest BCUT2D eigenvalue weighted by Gasteiger charge is 2.28. The molecule has 7 nitrogen and oxygen atoms in total. The summed E-state index contributed by atoms with van der Waals surface area (Å²) in [5.74, 6) is 2.06. The lowest BCUT2D eigenvalue weighted by molar-refractivity contribution is 0.0836. The van der Waals surface area contributed by atoms with E-state index in [4.69, 9.17) is 9.47 Å². The molecule has 8 heteroatoms. The number of benzene rings is 1. The van der Waals surface area contributed by atoms with Gasteiger partial charge < -0.3 is 9.47 Å². The first-order valence-corrected chi connectivity index (χ1v) is 8.22.